The molecule has 0 saturated heterocycles. The van der Waals surface area contributed by atoms with Gasteiger partial charge in [0.1, 0.15) is 6.79 Å². The van der Waals surface area contributed by atoms with Gasteiger partial charge in [-0.15, -0.1) is 0 Å². The normalized spacial score (nSPS) is 18.0. The van der Waals surface area contributed by atoms with Gasteiger partial charge >= 0.3 is 0 Å². The fraction of sp³-hybridized carbons (Fsp3) is 1.00. The summed E-state index contributed by atoms with van der Waals surface area (Å²) in [4.78, 5) is 0. The fourth-order valence-corrected chi connectivity index (χ4v) is 1.35. The Kier molecular flexibility index (Phi) is 11.3. The number of hydrogen-bond donors (Lipinski definition) is 5. The molecule has 0 aromatic heterocycles. The van der Waals surface area contributed by atoms with Crippen molar-refractivity contribution in [3.63, 3.8) is 0 Å². The summed E-state index contributed by atoms with van der Waals surface area (Å²) < 4.78 is 14.2. The monoisotopic (exact) mass is 284 g/mol. The van der Waals surface area contributed by atoms with E-state index in [9.17, 15) is 15.3 Å². The lowest BCUT2D eigenvalue weighted by Crippen LogP contribution is -2.25. The summed E-state index contributed by atoms with van der Waals surface area (Å²) in [5.41, 5.74) is 0. The molecule has 116 valence electrons. The zero-order chi connectivity index (χ0) is 14.7. The first-order valence-electron chi connectivity index (χ1n) is 6.17. The van der Waals surface area contributed by atoms with Crippen LogP contribution in [0.25, 0.3) is 0 Å². The highest BCUT2D eigenvalue weighted by atomic mass is 16.7. The quantitative estimate of drug-likeness (QED) is 0.274. The molecule has 0 spiro atoms. The molecule has 0 heterocycles. The number of hydrogen-bond acceptors (Lipinski definition) is 8. The summed E-state index contributed by atoms with van der Waals surface area (Å²) in [5.74, 6) is 0. The summed E-state index contributed by atoms with van der Waals surface area (Å²) >= 11 is 0. The van der Waals surface area contributed by atoms with Gasteiger partial charge in [-0.25, -0.2) is 0 Å². The predicted octanol–water partition coefficient (Wildman–Crippen LogP) is -1.51. The molecule has 8 heteroatoms. The van der Waals surface area contributed by atoms with E-state index in [1.165, 1.54) is 0 Å². The van der Waals surface area contributed by atoms with E-state index in [0.29, 0.717) is 6.61 Å². The van der Waals surface area contributed by atoms with Gasteiger partial charge in [0, 0.05) is 19.4 Å². The molecule has 8 nitrogen and oxygen atoms in total. The van der Waals surface area contributed by atoms with Gasteiger partial charge in [-0.3, -0.25) is 0 Å². The molecule has 0 rings (SSSR count). The van der Waals surface area contributed by atoms with Crippen molar-refractivity contribution in [2.45, 2.75) is 51.2 Å². The first-order valence-corrected chi connectivity index (χ1v) is 6.17. The zero-order valence-corrected chi connectivity index (χ0v) is 11.0. The Bertz CT molecular complexity index is 183. The molecule has 0 aliphatic carbocycles. The van der Waals surface area contributed by atoms with Crippen LogP contribution in [0.3, 0.4) is 0 Å². The van der Waals surface area contributed by atoms with Crippen molar-refractivity contribution in [3.8, 4) is 0 Å². The van der Waals surface area contributed by atoms with E-state index in [1.54, 1.807) is 6.92 Å². The Balaban J connectivity index is 3.60. The number of ether oxygens (including phenoxy) is 3. The van der Waals surface area contributed by atoms with E-state index in [4.69, 9.17) is 19.7 Å². The predicted molar refractivity (Wildman–Crippen MR) is 63.6 cm³/mol. The molecule has 0 fully saturated rings. The minimum absolute atomic E-state index is 0.0486. The van der Waals surface area contributed by atoms with Crippen molar-refractivity contribution in [3.05, 3.63) is 0 Å². The molecule has 0 saturated carbocycles. The molecule has 4 unspecified atom stereocenters. The van der Waals surface area contributed by atoms with E-state index in [0.717, 1.165) is 0 Å². The van der Waals surface area contributed by atoms with Gasteiger partial charge in [0.25, 0.3) is 0 Å². The van der Waals surface area contributed by atoms with Gasteiger partial charge in [0.15, 0.2) is 18.9 Å². The van der Waals surface area contributed by atoms with Crippen LogP contribution in [0.15, 0.2) is 0 Å². The third-order valence-electron chi connectivity index (χ3n) is 2.26. The minimum Gasteiger partial charge on any atom is -0.393 e. The van der Waals surface area contributed by atoms with Gasteiger partial charge in [-0.1, -0.05) is 0 Å². The van der Waals surface area contributed by atoms with Crippen LogP contribution >= 0.6 is 0 Å². The SMILES string of the molecule is CCOC(O)CC(O)CCOC(O)CC(O)OCO. The van der Waals surface area contributed by atoms with E-state index in [1.807, 2.05) is 0 Å². The Labute approximate surface area is 112 Å². The van der Waals surface area contributed by atoms with Crippen molar-refractivity contribution >= 4 is 0 Å². The average molecular weight is 284 g/mol. The third-order valence-corrected chi connectivity index (χ3v) is 2.26. The second-order valence-electron chi connectivity index (χ2n) is 3.90. The highest BCUT2D eigenvalue weighted by Crippen LogP contribution is 2.07. The van der Waals surface area contributed by atoms with E-state index in [2.05, 4.69) is 4.74 Å². The first kappa shape index (κ1) is 18.7. The molecule has 0 amide bonds. The van der Waals surface area contributed by atoms with Gasteiger partial charge in [0.2, 0.25) is 0 Å². The van der Waals surface area contributed by atoms with Crippen LogP contribution < -0.4 is 0 Å². The van der Waals surface area contributed by atoms with E-state index in [-0.39, 0.29) is 25.9 Å². The number of rotatable bonds is 12. The Morgan fingerprint density at radius 1 is 0.842 bits per heavy atom. The van der Waals surface area contributed by atoms with Crippen LogP contribution in [-0.2, 0) is 14.2 Å². The smallest absolute Gasteiger partial charge is 0.162 e. The standard InChI is InChI=1S/C11H24O8/c1-2-17-9(14)5-8(13)3-4-18-10(15)6-11(16)19-7-12/h8-16H,2-7H2,1H3. The molecule has 5 N–H and O–H groups in total. The number of aliphatic hydroxyl groups is 5. The second-order valence-corrected chi connectivity index (χ2v) is 3.90. The molecule has 0 aliphatic heterocycles. The highest BCUT2D eigenvalue weighted by Gasteiger charge is 2.15. The molecular weight excluding hydrogens is 260 g/mol. The summed E-state index contributed by atoms with van der Waals surface area (Å²) in [5, 5.41) is 45.5. The average Bonchev–Trinajstić information content (AvgIpc) is 2.28. The molecule has 0 bridgehead atoms. The third kappa shape index (κ3) is 11.2. The lowest BCUT2D eigenvalue weighted by molar-refractivity contribution is -0.199. The van der Waals surface area contributed by atoms with Crippen LogP contribution in [0, 0.1) is 0 Å². The molecule has 0 aromatic rings. The number of aliphatic hydroxyl groups excluding tert-OH is 5. The van der Waals surface area contributed by atoms with Gasteiger partial charge in [-0.05, 0) is 13.3 Å². The molecule has 0 aromatic carbocycles. The van der Waals surface area contributed by atoms with Crippen LogP contribution in [0.4, 0.5) is 0 Å². The summed E-state index contributed by atoms with van der Waals surface area (Å²) in [6.07, 6.45) is -4.35. The fourth-order valence-electron chi connectivity index (χ4n) is 1.35. The Hall–Kier alpha value is -0.320. The topological polar surface area (TPSA) is 129 Å². The molecule has 19 heavy (non-hydrogen) atoms. The largest absolute Gasteiger partial charge is 0.393 e. The van der Waals surface area contributed by atoms with Crippen LogP contribution in [0.5, 0.6) is 0 Å². The first-order chi connectivity index (χ1) is 8.99. The van der Waals surface area contributed by atoms with Gasteiger partial charge in [0.05, 0.1) is 12.7 Å². The van der Waals surface area contributed by atoms with E-state index < -0.39 is 31.8 Å². The van der Waals surface area contributed by atoms with E-state index >= 15 is 0 Å². The van der Waals surface area contributed by atoms with Crippen molar-refractivity contribution in [1.82, 2.24) is 0 Å². The highest BCUT2D eigenvalue weighted by molar-refractivity contribution is 4.57. The van der Waals surface area contributed by atoms with Crippen molar-refractivity contribution < 1.29 is 39.7 Å². The summed E-state index contributed by atoms with van der Waals surface area (Å²) in [6.45, 7) is 1.48. The second kappa shape index (κ2) is 11.5. The maximum Gasteiger partial charge on any atom is 0.162 e. The lowest BCUT2D eigenvalue weighted by Gasteiger charge is -2.18. The van der Waals surface area contributed by atoms with Crippen LogP contribution in [0.2, 0.25) is 0 Å². The molecular formula is C11H24O8. The summed E-state index contributed by atoms with van der Waals surface area (Å²) in [6, 6.07) is 0. The van der Waals surface area contributed by atoms with Crippen LogP contribution in [0.1, 0.15) is 26.2 Å². The lowest BCUT2D eigenvalue weighted by atomic mass is 10.2. The molecule has 4 atom stereocenters. The van der Waals surface area contributed by atoms with Crippen LogP contribution in [-0.4, -0.2) is 70.5 Å². The zero-order valence-electron chi connectivity index (χ0n) is 11.0. The maximum absolute atomic E-state index is 9.52. The maximum atomic E-state index is 9.52. The Morgan fingerprint density at radius 3 is 2.00 bits per heavy atom. The van der Waals surface area contributed by atoms with Gasteiger partial charge < -0.3 is 39.7 Å². The van der Waals surface area contributed by atoms with Crippen molar-refractivity contribution in [2.24, 2.45) is 0 Å². The molecule has 0 aliphatic rings. The van der Waals surface area contributed by atoms with Crippen molar-refractivity contribution in [2.75, 3.05) is 20.0 Å². The minimum atomic E-state index is -1.32. The Morgan fingerprint density at radius 2 is 1.42 bits per heavy atom. The molecule has 0 radical (unpaired) electrons. The van der Waals surface area contributed by atoms with Crippen molar-refractivity contribution in [1.29, 1.82) is 0 Å². The summed E-state index contributed by atoms with van der Waals surface area (Å²) in [7, 11) is 0. The van der Waals surface area contributed by atoms with Gasteiger partial charge in [-0.2, -0.15) is 0 Å².